The van der Waals surface area contributed by atoms with Crippen LogP contribution in [0.15, 0.2) is 12.7 Å². The third-order valence-corrected chi connectivity index (χ3v) is 3.65. The highest BCUT2D eigenvalue weighted by Crippen LogP contribution is 2.22. The molecule has 1 N–H and O–H groups in total. The van der Waals surface area contributed by atoms with Gasteiger partial charge in [-0.1, -0.05) is 0 Å². The molecule has 1 amide bonds. The van der Waals surface area contributed by atoms with Crippen molar-refractivity contribution in [2.45, 2.75) is 18.9 Å². The molecule has 0 aliphatic carbocycles. The van der Waals surface area contributed by atoms with Gasteiger partial charge < -0.3 is 10.2 Å². The summed E-state index contributed by atoms with van der Waals surface area (Å²) in [5.74, 6) is 0.498. The van der Waals surface area contributed by atoms with E-state index in [2.05, 4.69) is 15.4 Å². The highest BCUT2D eigenvalue weighted by molar-refractivity contribution is 5.80. The van der Waals surface area contributed by atoms with Crippen LogP contribution in [0.4, 0.5) is 0 Å². The summed E-state index contributed by atoms with van der Waals surface area (Å²) in [6.07, 6.45) is 5.42. The second-order valence-electron chi connectivity index (χ2n) is 4.81. The topological polar surface area (TPSA) is 63.1 Å². The van der Waals surface area contributed by atoms with Crippen molar-refractivity contribution in [3.05, 3.63) is 12.7 Å². The van der Waals surface area contributed by atoms with Crippen LogP contribution in [0.2, 0.25) is 0 Å². The third-order valence-electron chi connectivity index (χ3n) is 3.65. The van der Waals surface area contributed by atoms with Gasteiger partial charge in [-0.25, -0.2) is 9.67 Å². The molecule has 2 aliphatic heterocycles. The zero-order valence-corrected chi connectivity index (χ0v) is 9.75. The Bertz CT molecular complexity index is 387. The van der Waals surface area contributed by atoms with Gasteiger partial charge in [-0.3, -0.25) is 4.79 Å². The summed E-state index contributed by atoms with van der Waals surface area (Å²) in [7, 11) is 0. The van der Waals surface area contributed by atoms with E-state index in [1.54, 1.807) is 12.7 Å². The van der Waals surface area contributed by atoms with Gasteiger partial charge in [0.25, 0.3) is 0 Å². The molecule has 1 atom stereocenters. The van der Waals surface area contributed by atoms with Crippen molar-refractivity contribution in [1.29, 1.82) is 0 Å². The van der Waals surface area contributed by atoms with Gasteiger partial charge >= 0.3 is 0 Å². The fourth-order valence-electron chi connectivity index (χ4n) is 2.50. The first-order chi connectivity index (χ1) is 8.34. The number of carbonyl (C=O) groups excluding carboxylic acids is 1. The van der Waals surface area contributed by atoms with Crippen LogP contribution in [-0.2, 0) is 4.79 Å². The lowest BCUT2D eigenvalue weighted by Crippen LogP contribution is -2.54. The van der Waals surface area contributed by atoms with Gasteiger partial charge in [0.2, 0.25) is 5.91 Å². The molecule has 0 aromatic carbocycles. The Morgan fingerprint density at radius 1 is 1.41 bits per heavy atom. The Morgan fingerprint density at radius 2 is 2.29 bits per heavy atom. The molecule has 2 saturated heterocycles. The maximum absolute atomic E-state index is 12.1. The van der Waals surface area contributed by atoms with Crippen molar-refractivity contribution in [3.8, 4) is 0 Å². The van der Waals surface area contributed by atoms with Crippen molar-refractivity contribution < 1.29 is 4.79 Å². The third kappa shape index (κ3) is 2.04. The summed E-state index contributed by atoms with van der Waals surface area (Å²) < 4.78 is 1.87. The number of likely N-dealkylation sites (tertiary alicyclic amines) is 1. The average Bonchev–Trinajstić information content (AvgIpc) is 2.80. The number of nitrogens with one attached hydrogen (secondary N) is 1. The molecule has 0 radical (unpaired) electrons. The largest absolute Gasteiger partial charge is 0.340 e. The number of carbonyl (C=O) groups is 1. The minimum atomic E-state index is 0.199. The number of aromatic nitrogens is 3. The van der Waals surface area contributed by atoms with Gasteiger partial charge in [0.1, 0.15) is 12.7 Å². The summed E-state index contributed by atoms with van der Waals surface area (Å²) >= 11 is 0. The molecule has 0 saturated carbocycles. The first kappa shape index (κ1) is 10.7. The molecule has 2 aliphatic rings. The van der Waals surface area contributed by atoms with Crippen LogP contribution >= 0.6 is 0 Å². The minimum absolute atomic E-state index is 0.199. The summed E-state index contributed by atoms with van der Waals surface area (Å²) in [6.45, 7) is 3.34. The molecule has 1 unspecified atom stereocenters. The first-order valence-corrected chi connectivity index (χ1v) is 6.18. The highest BCUT2D eigenvalue weighted by atomic mass is 16.2. The molecule has 0 spiro atoms. The predicted octanol–water partition coefficient (Wildman–Crippen LogP) is -0.339. The van der Waals surface area contributed by atoms with Gasteiger partial charge in [0, 0.05) is 26.2 Å². The SMILES string of the molecule is O=C(C1CNC1)N1CCCC(n2cncn2)C1. The lowest BCUT2D eigenvalue weighted by molar-refractivity contribution is -0.138. The number of nitrogens with zero attached hydrogens (tertiary/aromatic N) is 4. The van der Waals surface area contributed by atoms with Crippen LogP contribution in [-0.4, -0.2) is 51.8 Å². The Kier molecular flexibility index (Phi) is 2.80. The Morgan fingerprint density at radius 3 is 2.94 bits per heavy atom. The number of hydrogen-bond donors (Lipinski definition) is 1. The van der Waals surface area contributed by atoms with E-state index in [-0.39, 0.29) is 5.92 Å². The van der Waals surface area contributed by atoms with Crippen molar-refractivity contribution >= 4 is 5.91 Å². The van der Waals surface area contributed by atoms with Crippen LogP contribution in [0.3, 0.4) is 0 Å². The van der Waals surface area contributed by atoms with Crippen molar-refractivity contribution in [2.24, 2.45) is 5.92 Å². The van der Waals surface area contributed by atoms with Crippen molar-refractivity contribution in [3.63, 3.8) is 0 Å². The average molecular weight is 235 g/mol. The number of amides is 1. The monoisotopic (exact) mass is 235 g/mol. The van der Waals surface area contributed by atoms with E-state index in [1.807, 2.05) is 9.58 Å². The second-order valence-corrected chi connectivity index (χ2v) is 4.81. The van der Waals surface area contributed by atoms with Gasteiger partial charge in [0.05, 0.1) is 12.0 Å². The van der Waals surface area contributed by atoms with Crippen LogP contribution in [0.25, 0.3) is 0 Å². The Hall–Kier alpha value is -1.43. The summed E-state index contributed by atoms with van der Waals surface area (Å²) in [4.78, 5) is 18.1. The summed E-state index contributed by atoms with van der Waals surface area (Å²) in [5, 5.41) is 7.31. The van der Waals surface area contributed by atoms with Crippen molar-refractivity contribution in [2.75, 3.05) is 26.2 Å². The van der Waals surface area contributed by atoms with E-state index in [1.165, 1.54) is 0 Å². The molecule has 92 valence electrons. The van der Waals surface area contributed by atoms with Crippen LogP contribution < -0.4 is 5.32 Å². The molecule has 1 aromatic heterocycles. The predicted molar refractivity (Wildman–Crippen MR) is 61.2 cm³/mol. The fourth-order valence-corrected chi connectivity index (χ4v) is 2.50. The first-order valence-electron chi connectivity index (χ1n) is 6.18. The molecular weight excluding hydrogens is 218 g/mol. The lowest BCUT2D eigenvalue weighted by atomic mass is 9.98. The van der Waals surface area contributed by atoms with Gasteiger partial charge in [-0.05, 0) is 12.8 Å². The molecule has 3 rings (SSSR count). The van der Waals surface area contributed by atoms with Crippen LogP contribution in [0.5, 0.6) is 0 Å². The number of piperidine rings is 1. The minimum Gasteiger partial charge on any atom is -0.340 e. The molecule has 6 nitrogen and oxygen atoms in total. The normalized spacial score (nSPS) is 25.6. The van der Waals surface area contributed by atoms with E-state index in [0.29, 0.717) is 11.9 Å². The zero-order chi connectivity index (χ0) is 11.7. The fraction of sp³-hybridized carbons (Fsp3) is 0.727. The maximum Gasteiger partial charge on any atom is 0.228 e. The van der Waals surface area contributed by atoms with E-state index in [9.17, 15) is 4.79 Å². The Labute approximate surface area is 100 Å². The van der Waals surface area contributed by atoms with Gasteiger partial charge in [-0.15, -0.1) is 0 Å². The number of hydrogen-bond acceptors (Lipinski definition) is 4. The van der Waals surface area contributed by atoms with Crippen LogP contribution in [0.1, 0.15) is 18.9 Å². The molecule has 0 bridgehead atoms. The molecule has 6 heteroatoms. The van der Waals surface area contributed by atoms with Gasteiger partial charge in [0.15, 0.2) is 0 Å². The van der Waals surface area contributed by atoms with Crippen molar-refractivity contribution in [1.82, 2.24) is 25.0 Å². The smallest absolute Gasteiger partial charge is 0.228 e. The van der Waals surface area contributed by atoms with E-state index in [4.69, 9.17) is 0 Å². The quantitative estimate of drug-likeness (QED) is 0.762. The van der Waals surface area contributed by atoms with Crippen LogP contribution in [0, 0.1) is 5.92 Å². The second kappa shape index (κ2) is 4.44. The van der Waals surface area contributed by atoms with Gasteiger partial charge in [-0.2, -0.15) is 5.10 Å². The molecular formula is C11H17N5O. The molecule has 1 aromatic rings. The number of rotatable bonds is 2. The molecule has 3 heterocycles. The lowest BCUT2D eigenvalue weighted by Gasteiger charge is -2.37. The maximum atomic E-state index is 12.1. The Balaban J connectivity index is 1.65. The zero-order valence-electron chi connectivity index (χ0n) is 9.75. The summed E-state index contributed by atoms with van der Waals surface area (Å²) in [6, 6.07) is 0.295. The standard InChI is InChI=1S/C11H17N5O/c17-11(9-4-12-5-9)15-3-1-2-10(6-15)16-8-13-7-14-16/h7-10,12H,1-6H2. The molecule has 17 heavy (non-hydrogen) atoms. The van der Waals surface area contributed by atoms with E-state index < -0.39 is 0 Å². The highest BCUT2D eigenvalue weighted by Gasteiger charge is 2.32. The van der Waals surface area contributed by atoms with E-state index >= 15 is 0 Å². The molecule has 2 fully saturated rings. The summed E-state index contributed by atoms with van der Waals surface area (Å²) in [5.41, 5.74) is 0. The van der Waals surface area contributed by atoms with E-state index in [0.717, 1.165) is 39.0 Å².